The molecule has 0 bridgehead atoms. The molecule has 0 aliphatic rings. The van der Waals surface area contributed by atoms with Gasteiger partial charge in [-0.3, -0.25) is 4.90 Å². The second-order valence-electron chi connectivity index (χ2n) is 5.62. The fourth-order valence-corrected chi connectivity index (χ4v) is 2.78. The Morgan fingerprint density at radius 2 is 1.75 bits per heavy atom. The van der Waals surface area contributed by atoms with Crippen LogP contribution in [0.2, 0.25) is 0 Å². The number of likely N-dealkylation sites (N-methyl/N-ethyl adjacent to an activating group) is 1. The summed E-state index contributed by atoms with van der Waals surface area (Å²) in [6, 6.07) is 19.5. The molecular formula is C18H24N2. The number of benzene rings is 2. The minimum Gasteiger partial charge on any atom is -0.326 e. The molecule has 2 N–H and O–H groups in total. The molecule has 2 nitrogen and oxygen atoms in total. The molecule has 0 aliphatic heterocycles. The van der Waals surface area contributed by atoms with Gasteiger partial charge >= 0.3 is 0 Å². The summed E-state index contributed by atoms with van der Waals surface area (Å²) < 4.78 is 0. The first-order valence-electron chi connectivity index (χ1n) is 7.14. The van der Waals surface area contributed by atoms with Crippen molar-refractivity contribution < 1.29 is 0 Å². The topological polar surface area (TPSA) is 29.3 Å². The largest absolute Gasteiger partial charge is 0.326 e. The van der Waals surface area contributed by atoms with Crippen molar-refractivity contribution in [2.75, 3.05) is 7.05 Å². The lowest BCUT2D eigenvalue weighted by Gasteiger charge is -2.31. The number of nitrogens with zero attached hydrogens (tertiary/aromatic N) is 1. The van der Waals surface area contributed by atoms with Gasteiger partial charge in [-0.2, -0.15) is 0 Å². The molecule has 0 aromatic heterocycles. The number of aryl methyl sites for hydroxylation is 1. The molecule has 0 saturated carbocycles. The number of nitrogens with two attached hydrogens (primary N) is 1. The third kappa shape index (κ3) is 3.69. The normalized spacial score (nSPS) is 14.2. The van der Waals surface area contributed by atoms with Crippen LogP contribution in [0.1, 0.15) is 29.7 Å². The van der Waals surface area contributed by atoms with Crippen molar-refractivity contribution in [1.82, 2.24) is 4.90 Å². The van der Waals surface area contributed by atoms with Gasteiger partial charge in [-0.05, 0) is 32.0 Å². The van der Waals surface area contributed by atoms with E-state index in [2.05, 4.69) is 74.3 Å². The Bertz CT molecular complexity index is 534. The minimum absolute atomic E-state index is 0.0884. The molecule has 20 heavy (non-hydrogen) atoms. The van der Waals surface area contributed by atoms with Crippen LogP contribution in [0.3, 0.4) is 0 Å². The predicted octanol–water partition coefficient (Wildman–Crippen LogP) is 3.52. The highest BCUT2D eigenvalue weighted by Crippen LogP contribution is 2.24. The van der Waals surface area contributed by atoms with Crippen LogP contribution in [-0.2, 0) is 6.54 Å². The first kappa shape index (κ1) is 14.8. The monoisotopic (exact) mass is 268 g/mol. The zero-order valence-electron chi connectivity index (χ0n) is 12.6. The maximum Gasteiger partial charge on any atom is 0.0497 e. The van der Waals surface area contributed by atoms with Gasteiger partial charge in [0.2, 0.25) is 0 Å². The lowest BCUT2D eigenvalue weighted by atomic mass is 9.97. The van der Waals surface area contributed by atoms with Gasteiger partial charge in [0.15, 0.2) is 0 Å². The first-order valence-corrected chi connectivity index (χ1v) is 7.14. The standard InChI is InChI=1S/C18H24N2/c1-14-8-7-11-17(12-14)18(15(2)19)20(3)13-16-9-5-4-6-10-16/h4-12,15,18H,13,19H2,1-3H3. The summed E-state index contributed by atoms with van der Waals surface area (Å²) in [6.45, 7) is 5.11. The van der Waals surface area contributed by atoms with Gasteiger partial charge in [0.1, 0.15) is 0 Å². The van der Waals surface area contributed by atoms with E-state index in [0.717, 1.165) is 6.54 Å². The van der Waals surface area contributed by atoms with E-state index in [1.807, 2.05) is 6.07 Å². The van der Waals surface area contributed by atoms with Crippen LogP contribution in [-0.4, -0.2) is 18.0 Å². The SMILES string of the molecule is Cc1cccc(C(C(C)N)N(C)Cc2ccccc2)c1. The molecule has 2 rings (SSSR count). The molecule has 2 unspecified atom stereocenters. The summed E-state index contributed by atoms with van der Waals surface area (Å²) in [5, 5.41) is 0. The maximum absolute atomic E-state index is 6.23. The highest BCUT2D eigenvalue weighted by atomic mass is 15.1. The second kappa shape index (κ2) is 6.69. The Balaban J connectivity index is 2.20. The summed E-state index contributed by atoms with van der Waals surface area (Å²) in [6.07, 6.45) is 0. The van der Waals surface area contributed by atoms with Crippen LogP contribution in [0, 0.1) is 6.92 Å². The Morgan fingerprint density at radius 3 is 2.35 bits per heavy atom. The fourth-order valence-electron chi connectivity index (χ4n) is 2.78. The summed E-state index contributed by atoms with van der Waals surface area (Å²) in [7, 11) is 2.14. The van der Waals surface area contributed by atoms with Crippen molar-refractivity contribution in [3.05, 3.63) is 71.3 Å². The lowest BCUT2D eigenvalue weighted by Crippen LogP contribution is -2.37. The number of hydrogen-bond donors (Lipinski definition) is 1. The summed E-state index contributed by atoms with van der Waals surface area (Å²) in [5.41, 5.74) is 10.1. The van der Waals surface area contributed by atoms with E-state index >= 15 is 0 Å². The van der Waals surface area contributed by atoms with E-state index in [9.17, 15) is 0 Å². The number of rotatable bonds is 5. The highest BCUT2D eigenvalue weighted by molar-refractivity contribution is 5.26. The molecule has 0 saturated heterocycles. The average molecular weight is 268 g/mol. The Hall–Kier alpha value is -1.64. The van der Waals surface area contributed by atoms with E-state index in [0.29, 0.717) is 0 Å². The van der Waals surface area contributed by atoms with E-state index in [4.69, 9.17) is 5.73 Å². The Labute approximate surface area is 122 Å². The van der Waals surface area contributed by atoms with Crippen molar-refractivity contribution in [3.63, 3.8) is 0 Å². The zero-order valence-corrected chi connectivity index (χ0v) is 12.6. The van der Waals surface area contributed by atoms with Crippen molar-refractivity contribution in [2.24, 2.45) is 5.73 Å². The molecule has 2 aromatic carbocycles. The minimum atomic E-state index is 0.0884. The average Bonchev–Trinajstić information content (AvgIpc) is 2.39. The van der Waals surface area contributed by atoms with Crippen LogP contribution in [0.4, 0.5) is 0 Å². The van der Waals surface area contributed by atoms with E-state index in [1.165, 1.54) is 16.7 Å². The molecule has 2 heteroatoms. The Kier molecular flexibility index (Phi) is 4.94. The van der Waals surface area contributed by atoms with Crippen LogP contribution in [0.5, 0.6) is 0 Å². The number of hydrogen-bond acceptors (Lipinski definition) is 2. The summed E-state index contributed by atoms with van der Waals surface area (Å²) >= 11 is 0. The molecule has 0 fully saturated rings. The summed E-state index contributed by atoms with van der Waals surface area (Å²) in [4.78, 5) is 2.33. The van der Waals surface area contributed by atoms with Crippen molar-refractivity contribution >= 4 is 0 Å². The third-order valence-electron chi connectivity index (χ3n) is 3.63. The zero-order chi connectivity index (χ0) is 14.5. The summed E-state index contributed by atoms with van der Waals surface area (Å²) in [5.74, 6) is 0. The van der Waals surface area contributed by atoms with Crippen LogP contribution in [0.25, 0.3) is 0 Å². The predicted molar refractivity (Wildman–Crippen MR) is 85.5 cm³/mol. The smallest absolute Gasteiger partial charge is 0.0497 e. The van der Waals surface area contributed by atoms with Gasteiger partial charge in [-0.25, -0.2) is 0 Å². The van der Waals surface area contributed by atoms with Gasteiger partial charge in [0.05, 0.1) is 0 Å². The van der Waals surface area contributed by atoms with Crippen LogP contribution >= 0.6 is 0 Å². The molecule has 106 valence electrons. The first-order chi connectivity index (χ1) is 9.58. The van der Waals surface area contributed by atoms with E-state index < -0.39 is 0 Å². The molecule has 0 aliphatic carbocycles. The lowest BCUT2D eigenvalue weighted by molar-refractivity contribution is 0.211. The molecular weight excluding hydrogens is 244 g/mol. The molecule has 0 radical (unpaired) electrons. The van der Waals surface area contributed by atoms with E-state index in [1.54, 1.807) is 0 Å². The fraction of sp³-hybridized carbons (Fsp3) is 0.333. The third-order valence-corrected chi connectivity index (χ3v) is 3.63. The second-order valence-corrected chi connectivity index (χ2v) is 5.62. The van der Waals surface area contributed by atoms with Gasteiger partial charge in [0, 0.05) is 18.6 Å². The molecule has 2 aromatic rings. The maximum atomic E-state index is 6.23. The molecule has 0 amide bonds. The van der Waals surface area contributed by atoms with Gasteiger partial charge in [-0.15, -0.1) is 0 Å². The molecule has 0 spiro atoms. The van der Waals surface area contributed by atoms with Crippen LogP contribution in [0.15, 0.2) is 54.6 Å². The van der Waals surface area contributed by atoms with Crippen molar-refractivity contribution in [1.29, 1.82) is 0 Å². The van der Waals surface area contributed by atoms with Crippen molar-refractivity contribution in [3.8, 4) is 0 Å². The quantitative estimate of drug-likeness (QED) is 0.899. The Morgan fingerprint density at radius 1 is 1.05 bits per heavy atom. The van der Waals surface area contributed by atoms with Gasteiger partial charge < -0.3 is 5.73 Å². The molecule has 0 heterocycles. The van der Waals surface area contributed by atoms with Gasteiger partial charge in [-0.1, -0.05) is 60.2 Å². The van der Waals surface area contributed by atoms with Crippen molar-refractivity contribution in [2.45, 2.75) is 32.5 Å². The van der Waals surface area contributed by atoms with E-state index in [-0.39, 0.29) is 12.1 Å². The highest BCUT2D eigenvalue weighted by Gasteiger charge is 2.21. The van der Waals surface area contributed by atoms with Crippen LogP contribution < -0.4 is 5.73 Å². The molecule has 2 atom stereocenters. The van der Waals surface area contributed by atoms with Gasteiger partial charge in [0.25, 0.3) is 0 Å².